The largest absolute Gasteiger partial charge is 0.497 e. The average molecular weight is 490 g/mol. The SMILES string of the molecule is COc1ccc(CCC(=O)O[C@H]2C=C[C@H]3[C@H]4Cc5ccc(OC(C)=O)c6c5[C@@]3(CCN4C)[C@H]2O6)cc1. The second-order valence-electron chi connectivity index (χ2n) is 10.3. The van der Waals surface area contributed by atoms with Crippen LogP contribution in [0.15, 0.2) is 48.6 Å². The Morgan fingerprint density at radius 1 is 1.14 bits per heavy atom. The molecule has 5 atom stereocenters. The van der Waals surface area contributed by atoms with Crippen LogP contribution in [0.1, 0.15) is 36.5 Å². The molecule has 1 saturated heterocycles. The zero-order valence-corrected chi connectivity index (χ0v) is 20.9. The zero-order valence-electron chi connectivity index (χ0n) is 20.9. The van der Waals surface area contributed by atoms with E-state index in [4.69, 9.17) is 18.9 Å². The summed E-state index contributed by atoms with van der Waals surface area (Å²) in [4.78, 5) is 27.2. The van der Waals surface area contributed by atoms with E-state index in [1.54, 1.807) is 7.11 Å². The van der Waals surface area contributed by atoms with Gasteiger partial charge >= 0.3 is 11.9 Å². The van der Waals surface area contributed by atoms with Gasteiger partial charge in [-0.25, -0.2) is 0 Å². The normalized spacial score (nSPS) is 29.2. The molecule has 36 heavy (non-hydrogen) atoms. The molecule has 0 saturated carbocycles. The zero-order chi connectivity index (χ0) is 25.0. The van der Waals surface area contributed by atoms with Gasteiger partial charge in [-0.15, -0.1) is 0 Å². The van der Waals surface area contributed by atoms with Crippen LogP contribution in [0.5, 0.6) is 17.2 Å². The van der Waals surface area contributed by atoms with Gasteiger partial charge in [0.1, 0.15) is 11.9 Å². The Morgan fingerprint density at radius 3 is 2.69 bits per heavy atom. The van der Waals surface area contributed by atoms with Crippen LogP contribution in [0, 0.1) is 5.92 Å². The number of hydrogen-bond acceptors (Lipinski definition) is 7. The number of hydrogen-bond donors (Lipinski definition) is 0. The molecule has 0 unspecified atom stereocenters. The fraction of sp³-hybridized carbons (Fsp3) is 0.448. The minimum atomic E-state index is -0.503. The summed E-state index contributed by atoms with van der Waals surface area (Å²) in [5, 5.41) is 0. The minimum Gasteiger partial charge on any atom is -0.497 e. The van der Waals surface area contributed by atoms with Gasteiger partial charge in [0.15, 0.2) is 17.6 Å². The quantitative estimate of drug-likeness (QED) is 0.349. The van der Waals surface area contributed by atoms with Crippen LogP contribution in [-0.4, -0.2) is 55.8 Å². The molecule has 0 radical (unpaired) electrons. The highest BCUT2D eigenvalue weighted by molar-refractivity contribution is 5.73. The summed E-state index contributed by atoms with van der Waals surface area (Å²) in [6.07, 6.45) is 6.07. The van der Waals surface area contributed by atoms with E-state index in [1.807, 2.05) is 36.4 Å². The molecular formula is C29H31NO6. The third kappa shape index (κ3) is 3.52. The molecule has 2 aliphatic carbocycles. The van der Waals surface area contributed by atoms with Crippen molar-refractivity contribution in [2.24, 2.45) is 5.92 Å². The summed E-state index contributed by atoms with van der Waals surface area (Å²) in [6.45, 7) is 2.33. The van der Waals surface area contributed by atoms with Crippen LogP contribution < -0.4 is 14.2 Å². The molecule has 4 aliphatic rings. The monoisotopic (exact) mass is 489 g/mol. The minimum absolute atomic E-state index is 0.247. The molecule has 2 bridgehead atoms. The summed E-state index contributed by atoms with van der Waals surface area (Å²) in [5.41, 5.74) is 3.13. The van der Waals surface area contributed by atoms with Gasteiger partial charge in [0, 0.05) is 36.3 Å². The maximum atomic E-state index is 13.0. The lowest BCUT2D eigenvalue weighted by molar-refractivity contribution is -0.154. The molecule has 1 fully saturated rings. The number of aryl methyl sites for hydroxylation is 1. The highest BCUT2D eigenvalue weighted by Crippen LogP contribution is 2.62. The maximum absolute atomic E-state index is 13.0. The lowest BCUT2D eigenvalue weighted by Crippen LogP contribution is -2.65. The van der Waals surface area contributed by atoms with E-state index < -0.39 is 6.10 Å². The number of likely N-dealkylation sites (N-methyl/N-ethyl adjacent to an activating group) is 1. The predicted molar refractivity (Wildman–Crippen MR) is 132 cm³/mol. The lowest BCUT2D eigenvalue weighted by atomic mass is 9.53. The molecule has 6 rings (SSSR count). The summed E-state index contributed by atoms with van der Waals surface area (Å²) < 4.78 is 23.4. The fourth-order valence-electron chi connectivity index (χ4n) is 6.80. The van der Waals surface area contributed by atoms with Gasteiger partial charge < -0.3 is 23.8 Å². The molecule has 0 N–H and O–H groups in total. The van der Waals surface area contributed by atoms with Crippen molar-refractivity contribution in [1.82, 2.24) is 4.90 Å². The number of rotatable bonds is 6. The van der Waals surface area contributed by atoms with E-state index >= 15 is 0 Å². The van der Waals surface area contributed by atoms with E-state index in [0.29, 0.717) is 24.0 Å². The highest BCUT2D eigenvalue weighted by atomic mass is 16.6. The van der Waals surface area contributed by atoms with E-state index in [0.717, 1.165) is 36.3 Å². The smallest absolute Gasteiger partial charge is 0.308 e. The van der Waals surface area contributed by atoms with E-state index in [9.17, 15) is 9.59 Å². The van der Waals surface area contributed by atoms with Crippen molar-refractivity contribution in [2.75, 3.05) is 20.7 Å². The Bertz CT molecular complexity index is 1240. The van der Waals surface area contributed by atoms with Gasteiger partial charge in [0.2, 0.25) is 0 Å². The van der Waals surface area contributed by atoms with E-state index in [-0.39, 0.29) is 35.8 Å². The van der Waals surface area contributed by atoms with Crippen molar-refractivity contribution >= 4 is 11.9 Å². The van der Waals surface area contributed by atoms with Crippen LogP contribution in [0.25, 0.3) is 0 Å². The Morgan fingerprint density at radius 2 is 1.94 bits per heavy atom. The number of likely N-dealkylation sites (tertiary alicyclic amines) is 1. The van der Waals surface area contributed by atoms with Crippen LogP contribution in [0.2, 0.25) is 0 Å². The van der Waals surface area contributed by atoms with Crippen molar-refractivity contribution in [3.05, 3.63) is 65.2 Å². The number of nitrogens with zero attached hydrogens (tertiary/aromatic N) is 1. The first-order valence-electron chi connectivity index (χ1n) is 12.6. The third-order valence-corrected chi connectivity index (χ3v) is 8.41. The standard InChI is InChI=1S/C29H31NO6/c1-17(31)34-23-11-7-19-16-22-21-10-12-24(28-29(21,14-15-30(22)2)26(19)27(23)36-28)35-25(32)13-6-18-4-8-20(33-3)9-5-18/h4-5,7-12,21-22,24,28H,6,13-16H2,1-3H3/t21-,22+,24-,28-,29-/m0/s1. The third-order valence-electron chi connectivity index (χ3n) is 8.41. The predicted octanol–water partition coefficient (Wildman–Crippen LogP) is 3.61. The molecule has 188 valence electrons. The van der Waals surface area contributed by atoms with Crippen molar-refractivity contribution in [3.63, 3.8) is 0 Å². The second-order valence-corrected chi connectivity index (χ2v) is 10.3. The van der Waals surface area contributed by atoms with Gasteiger partial charge in [-0.2, -0.15) is 0 Å². The molecular weight excluding hydrogens is 458 g/mol. The number of carbonyl (C=O) groups is 2. The molecule has 0 amide bonds. The molecule has 2 aliphatic heterocycles. The summed E-state index contributed by atoms with van der Waals surface area (Å²) in [5.74, 6) is 1.49. The number of carbonyl (C=O) groups excluding carboxylic acids is 2. The van der Waals surface area contributed by atoms with Gasteiger partial charge in [-0.1, -0.05) is 24.3 Å². The lowest BCUT2D eigenvalue weighted by Gasteiger charge is -2.56. The first-order valence-corrected chi connectivity index (χ1v) is 12.6. The summed E-state index contributed by atoms with van der Waals surface area (Å²) in [7, 11) is 3.81. The van der Waals surface area contributed by atoms with Crippen LogP contribution in [0.3, 0.4) is 0 Å². The molecule has 2 heterocycles. The molecule has 2 aromatic rings. The Kier molecular flexibility index (Phi) is 5.56. The number of methoxy groups -OCH3 is 1. The van der Waals surface area contributed by atoms with Crippen LogP contribution in [0.4, 0.5) is 0 Å². The number of piperidine rings is 1. The average Bonchev–Trinajstić information content (AvgIpc) is 3.22. The maximum Gasteiger partial charge on any atom is 0.308 e. The van der Waals surface area contributed by atoms with Crippen molar-refractivity contribution in [3.8, 4) is 17.2 Å². The molecule has 0 aromatic heterocycles. The van der Waals surface area contributed by atoms with Gasteiger partial charge in [0.25, 0.3) is 0 Å². The van der Waals surface area contributed by atoms with Crippen molar-refractivity contribution in [2.45, 2.75) is 56.3 Å². The Balaban J connectivity index is 1.28. The van der Waals surface area contributed by atoms with Crippen molar-refractivity contribution < 1.29 is 28.5 Å². The van der Waals surface area contributed by atoms with E-state index in [1.165, 1.54) is 12.5 Å². The Labute approximate surface area is 211 Å². The van der Waals surface area contributed by atoms with Crippen LogP contribution >= 0.6 is 0 Å². The first-order chi connectivity index (χ1) is 17.4. The Hall–Kier alpha value is -3.32. The topological polar surface area (TPSA) is 74.3 Å². The molecule has 1 spiro atoms. The summed E-state index contributed by atoms with van der Waals surface area (Å²) in [6, 6.07) is 12.0. The van der Waals surface area contributed by atoms with Gasteiger partial charge in [0.05, 0.1) is 7.11 Å². The van der Waals surface area contributed by atoms with Crippen LogP contribution in [-0.2, 0) is 32.6 Å². The van der Waals surface area contributed by atoms with E-state index in [2.05, 4.69) is 24.1 Å². The first kappa shape index (κ1) is 23.1. The molecule has 7 nitrogen and oxygen atoms in total. The number of esters is 2. The van der Waals surface area contributed by atoms with Gasteiger partial charge in [-0.3, -0.25) is 9.59 Å². The number of ether oxygens (including phenoxy) is 4. The summed E-state index contributed by atoms with van der Waals surface area (Å²) >= 11 is 0. The second kappa shape index (κ2) is 8.66. The molecule has 2 aromatic carbocycles. The molecule has 7 heteroatoms. The van der Waals surface area contributed by atoms with Gasteiger partial charge in [-0.05, 0) is 68.3 Å². The fourth-order valence-corrected chi connectivity index (χ4v) is 6.80. The highest BCUT2D eigenvalue weighted by Gasteiger charge is 2.65. The van der Waals surface area contributed by atoms with Crippen molar-refractivity contribution in [1.29, 1.82) is 0 Å². The number of benzene rings is 2.